The summed E-state index contributed by atoms with van der Waals surface area (Å²) in [5.41, 5.74) is 7.11. The topological polar surface area (TPSA) is 55.4 Å². The molecule has 6 nitrogen and oxygen atoms in total. The van der Waals surface area contributed by atoms with Crippen molar-refractivity contribution in [2.24, 2.45) is 0 Å². The number of allylic oxidation sites excluding steroid dienone is 1. The summed E-state index contributed by atoms with van der Waals surface area (Å²) in [6, 6.07) is 60.8. The fraction of sp³-hybridized carbons (Fsp3) is 0.170. The monoisotopic (exact) mass is 780 g/mol. The van der Waals surface area contributed by atoms with E-state index in [0.29, 0.717) is 68.2 Å². The third-order valence-corrected chi connectivity index (χ3v) is 10.4. The van der Waals surface area contributed by atoms with Gasteiger partial charge in [0, 0.05) is 23.6 Å². The lowest BCUT2D eigenvalue weighted by molar-refractivity contribution is -0.0636. The van der Waals surface area contributed by atoms with Crippen LogP contribution in [0.15, 0.2) is 195 Å². The van der Waals surface area contributed by atoms with Crippen molar-refractivity contribution < 1.29 is 28.4 Å². The number of ether oxygens (including phenoxy) is 6. The van der Waals surface area contributed by atoms with Crippen LogP contribution in [0.5, 0.6) is 28.7 Å². The van der Waals surface area contributed by atoms with Crippen LogP contribution < -0.4 is 23.7 Å². The van der Waals surface area contributed by atoms with E-state index in [2.05, 4.69) is 73.3 Å². The van der Waals surface area contributed by atoms with Crippen LogP contribution in [0.4, 0.5) is 0 Å². The zero-order valence-corrected chi connectivity index (χ0v) is 33.0. The summed E-state index contributed by atoms with van der Waals surface area (Å²) >= 11 is 0. The lowest BCUT2D eigenvalue weighted by Gasteiger charge is -2.40. The Balaban J connectivity index is 1.19. The Kier molecular flexibility index (Phi) is 13.0. The molecule has 0 fully saturated rings. The molecule has 0 aliphatic carbocycles. The van der Waals surface area contributed by atoms with E-state index >= 15 is 0 Å². The Morgan fingerprint density at radius 3 is 1.42 bits per heavy atom. The minimum absolute atomic E-state index is 0.179. The lowest BCUT2D eigenvalue weighted by Crippen LogP contribution is -2.37. The highest BCUT2D eigenvalue weighted by molar-refractivity contribution is 5.56. The highest BCUT2D eigenvalue weighted by Crippen LogP contribution is 2.52. The zero-order chi connectivity index (χ0) is 40.1. The Morgan fingerprint density at radius 2 is 0.915 bits per heavy atom. The van der Waals surface area contributed by atoms with E-state index in [0.717, 1.165) is 38.9 Å². The van der Waals surface area contributed by atoms with Crippen molar-refractivity contribution in [2.45, 2.75) is 57.6 Å². The molecule has 1 heterocycles. The molecule has 0 unspecified atom stereocenters. The molecule has 0 amide bonds. The van der Waals surface area contributed by atoms with Crippen LogP contribution in [0.2, 0.25) is 0 Å². The van der Waals surface area contributed by atoms with Crippen LogP contribution in [0.3, 0.4) is 0 Å². The molecule has 296 valence electrons. The average Bonchev–Trinajstić information content (AvgIpc) is 3.30. The van der Waals surface area contributed by atoms with Crippen LogP contribution in [-0.2, 0) is 37.8 Å². The first kappa shape index (κ1) is 39.1. The first-order valence-corrected chi connectivity index (χ1v) is 20.1. The van der Waals surface area contributed by atoms with Gasteiger partial charge < -0.3 is 28.4 Å². The van der Waals surface area contributed by atoms with Gasteiger partial charge in [0.05, 0.1) is 6.61 Å². The van der Waals surface area contributed by atoms with Crippen LogP contribution in [0, 0.1) is 0 Å². The number of benzene rings is 7. The van der Waals surface area contributed by atoms with E-state index in [1.807, 2.05) is 121 Å². The summed E-state index contributed by atoms with van der Waals surface area (Å²) in [5, 5.41) is 0. The number of fused-ring (bicyclic) bond motifs is 1. The second kappa shape index (κ2) is 19.6. The molecule has 0 bridgehead atoms. The molecule has 0 spiro atoms. The summed E-state index contributed by atoms with van der Waals surface area (Å²) in [6.45, 7) is 6.14. The SMILES string of the molecule is C=CC[C@H]1c2c(OCc3ccccc3)cc(OCc3ccccc3)cc2O[C@H](c2ccc(OCc3ccccc3)c(OCc3ccccc3)c2)[C@H]1OCc1ccccc1. The highest BCUT2D eigenvalue weighted by atomic mass is 16.6. The number of hydrogen-bond donors (Lipinski definition) is 0. The van der Waals surface area contributed by atoms with Gasteiger partial charge in [-0.05, 0) is 51.9 Å². The van der Waals surface area contributed by atoms with Crippen molar-refractivity contribution in [3.05, 3.63) is 234 Å². The van der Waals surface area contributed by atoms with E-state index in [-0.39, 0.29) is 5.92 Å². The van der Waals surface area contributed by atoms with Crippen molar-refractivity contribution in [3.63, 3.8) is 0 Å². The van der Waals surface area contributed by atoms with E-state index < -0.39 is 12.2 Å². The molecule has 0 N–H and O–H groups in total. The van der Waals surface area contributed by atoms with Crippen molar-refractivity contribution in [1.82, 2.24) is 0 Å². The van der Waals surface area contributed by atoms with Crippen molar-refractivity contribution >= 4 is 0 Å². The molecule has 6 heteroatoms. The van der Waals surface area contributed by atoms with E-state index in [1.165, 1.54) is 0 Å². The summed E-state index contributed by atoms with van der Waals surface area (Å²) in [4.78, 5) is 0. The van der Waals surface area contributed by atoms with Gasteiger partial charge in [-0.25, -0.2) is 0 Å². The maximum absolute atomic E-state index is 7.15. The third kappa shape index (κ3) is 10.2. The highest BCUT2D eigenvalue weighted by Gasteiger charge is 2.42. The predicted molar refractivity (Wildman–Crippen MR) is 232 cm³/mol. The Hall–Kier alpha value is -6.76. The smallest absolute Gasteiger partial charge is 0.162 e. The van der Waals surface area contributed by atoms with Gasteiger partial charge >= 0.3 is 0 Å². The third-order valence-electron chi connectivity index (χ3n) is 10.4. The molecule has 0 saturated carbocycles. The quantitative estimate of drug-likeness (QED) is 0.0809. The molecule has 8 rings (SSSR count). The molecule has 3 atom stereocenters. The predicted octanol–water partition coefficient (Wildman–Crippen LogP) is 12.4. The Morgan fingerprint density at radius 1 is 0.458 bits per heavy atom. The molecule has 59 heavy (non-hydrogen) atoms. The van der Waals surface area contributed by atoms with Gasteiger partial charge in [-0.2, -0.15) is 0 Å². The maximum Gasteiger partial charge on any atom is 0.162 e. The first-order chi connectivity index (χ1) is 29.2. The number of rotatable bonds is 18. The Labute approximate surface area is 347 Å². The summed E-state index contributed by atoms with van der Waals surface area (Å²) in [6.07, 6.45) is 1.60. The van der Waals surface area contributed by atoms with Crippen molar-refractivity contribution in [1.29, 1.82) is 0 Å². The molecule has 0 aromatic heterocycles. The fourth-order valence-corrected chi connectivity index (χ4v) is 7.36. The van der Waals surface area contributed by atoms with Gasteiger partial charge in [-0.1, -0.05) is 164 Å². The van der Waals surface area contributed by atoms with E-state index in [4.69, 9.17) is 28.4 Å². The summed E-state index contributed by atoms with van der Waals surface area (Å²) < 4.78 is 40.3. The van der Waals surface area contributed by atoms with E-state index in [9.17, 15) is 0 Å². The standard InChI is InChI=1S/C53H48O6/c1-2-18-46-51-49(57-37-42-25-14-6-15-26-42)32-45(54-34-39-19-8-3-9-20-39)33-50(51)59-52(53(46)58-38-43-27-16-7-17-28-43)44-29-30-47(55-35-40-21-10-4-11-22-40)48(31-44)56-36-41-23-12-5-13-24-41/h2-17,19-33,46,52-53H,1,18,34-38H2/t46-,52+,53-/m0/s1. The minimum atomic E-state index is -0.537. The second-order valence-corrected chi connectivity index (χ2v) is 14.6. The minimum Gasteiger partial charge on any atom is -0.489 e. The molecule has 0 saturated heterocycles. The Bertz CT molecular complexity index is 2370. The van der Waals surface area contributed by atoms with Gasteiger partial charge in [0.25, 0.3) is 0 Å². The molecule has 0 radical (unpaired) electrons. The molecule has 7 aromatic carbocycles. The van der Waals surface area contributed by atoms with Crippen LogP contribution in [0.1, 0.15) is 57.4 Å². The van der Waals surface area contributed by atoms with Gasteiger partial charge in [0.2, 0.25) is 0 Å². The van der Waals surface area contributed by atoms with Crippen molar-refractivity contribution in [3.8, 4) is 28.7 Å². The van der Waals surface area contributed by atoms with Crippen LogP contribution in [-0.4, -0.2) is 6.10 Å². The molecule has 7 aromatic rings. The largest absolute Gasteiger partial charge is 0.489 e. The first-order valence-electron chi connectivity index (χ1n) is 20.1. The van der Waals surface area contributed by atoms with Gasteiger partial charge in [-0.3, -0.25) is 0 Å². The zero-order valence-electron chi connectivity index (χ0n) is 33.0. The van der Waals surface area contributed by atoms with Gasteiger partial charge in [0.15, 0.2) is 17.6 Å². The number of hydrogen-bond acceptors (Lipinski definition) is 6. The van der Waals surface area contributed by atoms with Crippen LogP contribution >= 0.6 is 0 Å². The molecular formula is C53H48O6. The lowest BCUT2D eigenvalue weighted by atomic mass is 9.81. The van der Waals surface area contributed by atoms with Gasteiger partial charge in [-0.15, -0.1) is 6.58 Å². The summed E-state index contributed by atoms with van der Waals surface area (Å²) in [5.74, 6) is 3.08. The van der Waals surface area contributed by atoms with E-state index in [1.54, 1.807) is 0 Å². The fourth-order valence-electron chi connectivity index (χ4n) is 7.36. The summed E-state index contributed by atoms with van der Waals surface area (Å²) in [7, 11) is 0. The average molecular weight is 781 g/mol. The molecule has 1 aliphatic heterocycles. The molecular weight excluding hydrogens is 733 g/mol. The van der Waals surface area contributed by atoms with Gasteiger partial charge in [0.1, 0.15) is 49.8 Å². The van der Waals surface area contributed by atoms with Crippen molar-refractivity contribution in [2.75, 3.05) is 0 Å². The second-order valence-electron chi connectivity index (χ2n) is 14.6. The molecule has 1 aliphatic rings. The van der Waals surface area contributed by atoms with Crippen LogP contribution in [0.25, 0.3) is 0 Å². The maximum atomic E-state index is 7.15. The normalized spacial score (nSPS) is 15.6.